The Hall–Kier alpha value is -1.90. The fraction of sp³-hybridized carbons (Fsp3) is 0.154. The number of nitrogens with zero attached hydrogens (tertiary/aromatic N) is 1. The van der Waals surface area contributed by atoms with Gasteiger partial charge in [0, 0.05) is 0 Å². The number of pyridine rings is 1. The van der Waals surface area contributed by atoms with Crippen LogP contribution in [-0.2, 0) is 6.67 Å². The predicted octanol–water partition coefficient (Wildman–Crippen LogP) is 3.65. The van der Waals surface area contributed by atoms with Gasteiger partial charge in [0.25, 0.3) is 0 Å². The normalized spacial score (nSPS) is 10.1. The monoisotopic (exact) mass is 217 g/mol. The van der Waals surface area contributed by atoms with E-state index in [9.17, 15) is 4.39 Å². The summed E-state index contributed by atoms with van der Waals surface area (Å²) in [5.74, 6) is 1.41. The number of benzene rings is 1. The van der Waals surface area contributed by atoms with Gasteiger partial charge in [-0.1, -0.05) is 18.2 Å². The van der Waals surface area contributed by atoms with Crippen LogP contribution in [0.2, 0.25) is 0 Å². The maximum atomic E-state index is 12.2. The zero-order valence-electron chi connectivity index (χ0n) is 8.98. The minimum absolute atomic E-state index is 0.414. The van der Waals surface area contributed by atoms with Crippen LogP contribution in [0.15, 0.2) is 42.6 Å². The summed E-state index contributed by atoms with van der Waals surface area (Å²) >= 11 is 0. The zero-order valence-corrected chi connectivity index (χ0v) is 8.98. The molecule has 0 unspecified atom stereocenters. The van der Waals surface area contributed by atoms with Crippen molar-refractivity contribution in [1.29, 1.82) is 0 Å². The third kappa shape index (κ3) is 2.37. The van der Waals surface area contributed by atoms with Crippen molar-refractivity contribution in [2.75, 3.05) is 0 Å². The summed E-state index contributed by atoms with van der Waals surface area (Å²) in [5.41, 5.74) is 1.47. The van der Waals surface area contributed by atoms with Crippen molar-refractivity contribution in [1.82, 2.24) is 4.98 Å². The van der Waals surface area contributed by atoms with Crippen LogP contribution in [-0.4, -0.2) is 4.98 Å². The van der Waals surface area contributed by atoms with Crippen molar-refractivity contribution >= 4 is 0 Å². The van der Waals surface area contributed by atoms with E-state index < -0.39 is 6.67 Å². The Morgan fingerprint density at radius 1 is 1.19 bits per heavy atom. The van der Waals surface area contributed by atoms with Crippen LogP contribution >= 0.6 is 0 Å². The highest BCUT2D eigenvalue weighted by atomic mass is 19.1. The number of rotatable bonds is 3. The molecule has 82 valence electrons. The molecule has 0 aliphatic rings. The van der Waals surface area contributed by atoms with Crippen molar-refractivity contribution in [2.24, 2.45) is 0 Å². The molecule has 0 saturated carbocycles. The van der Waals surface area contributed by atoms with Crippen LogP contribution in [0.3, 0.4) is 0 Å². The average Bonchev–Trinajstić information content (AvgIpc) is 2.33. The first-order valence-corrected chi connectivity index (χ1v) is 5.04. The molecule has 0 radical (unpaired) electrons. The largest absolute Gasteiger partial charge is 0.455 e. The van der Waals surface area contributed by atoms with Crippen LogP contribution in [0.5, 0.6) is 11.5 Å². The van der Waals surface area contributed by atoms with E-state index in [4.69, 9.17) is 4.74 Å². The zero-order chi connectivity index (χ0) is 11.4. The lowest BCUT2D eigenvalue weighted by Crippen LogP contribution is -1.90. The lowest BCUT2D eigenvalue weighted by Gasteiger charge is -2.07. The van der Waals surface area contributed by atoms with Gasteiger partial charge in [0.05, 0.1) is 11.9 Å². The first kappa shape index (κ1) is 10.6. The Labute approximate surface area is 93.7 Å². The average molecular weight is 217 g/mol. The van der Waals surface area contributed by atoms with E-state index in [1.807, 2.05) is 31.2 Å². The van der Waals surface area contributed by atoms with Gasteiger partial charge in [-0.15, -0.1) is 0 Å². The van der Waals surface area contributed by atoms with Crippen molar-refractivity contribution in [3.05, 3.63) is 53.9 Å². The van der Waals surface area contributed by atoms with Crippen LogP contribution in [0.25, 0.3) is 0 Å². The second kappa shape index (κ2) is 4.75. The Morgan fingerprint density at radius 2 is 2.00 bits per heavy atom. The van der Waals surface area contributed by atoms with E-state index in [1.165, 1.54) is 6.20 Å². The lowest BCUT2D eigenvalue weighted by molar-refractivity contribution is 0.463. The van der Waals surface area contributed by atoms with Gasteiger partial charge in [0.1, 0.15) is 18.2 Å². The predicted molar refractivity (Wildman–Crippen MR) is 60.3 cm³/mol. The molecule has 0 aliphatic carbocycles. The van der Waals surface area contributed by atoms with E-state index in [0.29, 0.717) is 11.4 Å². The molecule has 3 heteroatoms. The second-order valence-electron chi connectivity index (χ2n) is 3.49. The molecule has 0 aliphatic heterocycles. The molecule has 0 bridgehead atoms. The standard InChI is InChI=1S/C13H12FNO/c1-10-4-2-3-5-13(10)16-12-7-6-11(8-14)15-9-12/h2-7,9H,8H2,1H3. The Morgan fingerprint density at radius 3 is 2.62 bits per heavy atom. The SMILES string of the molecule is Cc1ccccc1Oc1ccc(CF)nc1. The van der Waals surface area contributed by atoms with E-state index in [-0.39, 0.29) is 0 Å². The number of para-hydroxylation sites is 1. The maximum Gasteiger partial charge on any atom is 0.145 e. The van der Waals surface area contributed by atoms with E-state index in [0.717, 1.165) is 11.3 Å². The number of aromatic nitrogens is 1. The molecule has 1 aromatic heterocycles. The second-order valence-corrected chi connectivity index (χ2v) is 3.49. The Kier molecular flexibility index (Phi) is 3.15. The number of halogens is 1. The summed E-state index contributed by atoms with van der Waals surface area (Å²) in [7, 11) is 0. The summed E-state index contributed by atoms with van der Waals surface area (Å²) in [6.07, 6.45) is 1.53. The maximum absolute atomic E-state index is 12.2. The molecule has 2 aromatic rings. The van der Waals surface area contributed by atoms with Crippen molar-refractivity contribution in [3.63, 3.8) is 0 Å². The number of alkyl halides is 1. The minimum Gasteiger partial charge on any atom is -0.455 e. The van der Waals surface area contributed by atoms with Gasteiger partial charge >= 0.3 is 0 Å². The minimum atomic E-state index is -0.551. The molecule has 0 fully saturated rings. The van der Waals surface area contributed by atoms with Gasteiger partial charge in [0.15, 0.2) is 0 Å². The molecule has 2 nitrogen and oxygen atoms in total. The number of ether oxygens (including phenoxy) is 1. The first-order valence-electron chi connectivity index (χ1n) is 5.04. The van der Waals surface area contributed by atoms with Gasteiger partial charge in [-0.2, -0.15) is 0 Å². The number of hydrogen-bond acceptors (Lipinski definition) is 2. The molecule has 2 rings (SSSR count). The van der Waals surface area contributed by atoms with E-state index >= 15 is 0 Å². The van der Waals surface area contributed by atoms with E-state index in [1.54, 1.807) is 12.1 Å². The molecule has 1 aromatic carbocycles. The third-order valence-electron chi connectivity index (χ3n) is 2.26. The van der Waals surface area contributed by atoms with Gasteiger partial charge < -0.3 is 4.74 Å². The van der Waals surface area contributed by atoms with Gasteiger partial charge in [-0.25, -0.2) is 4.39 Å². The summed E-state index contributed by atoms with van der Waals surface area (Å²) in [6, 6.07) is 11.1. The third-order valence-corrected chi connectivity index (χ3v) is 2.26. The molecule has 16 heavy (non-hydrogen) atoms. The Bertz CT molecular complexity index is 468. The van der Waals surface area contributed by atoms with Gasteiger partial charge in [-0.3, -0.25) is 4.98 Å². The van der Waals surface area contributed by atoms with Crippen LogP contribution < -0.4 is 4.74 Å². The first-order chi connectivity index (χ1) is 7.79. The fourth-order valence-electron chi connectivity index (χ4n) is 1.35. The lowest BCUT2D eigenvalue weighted by atomic mass is 10.2. The summed E-state index contributed by atoms with van der Waals surface area (Å²) in [6.45, 7) is 1.42. The molecular formula is C13H12FNO. The fourth-order valence-corrected chi connectivity index (χ4v) is 1.35. The molecule has 0 spiro atoms. The number of hydrogen-bond donors (Lipinski definition) is 0. The smallest absolute Gasteiger partial charge is 0.145 e. The van der Waals surface area contributed by atoms with Crippen molar-refractivity contribution in [2.45, 2.75) is 13.6 Å². The molecule has 0 atom stereocenters. The van der Waals surface area contributed by atoms with Gasteiger partial charge in [0.2, 0.25) is 0 Å². The molecule has 0 N–H and O–H groups in total. The van der Waals surface area contributed by atoms with Gasteiger partial charge in [-0.05, 0) is 30.7 Å². The van der Waals surface area contributed by atoms with Crippen LogP contribution in [0, 0.1) is 6.92 Å². The quantitative estimate of drug-likeness (QED) is 0.782. The van der Waals surface area contributed by atoms with Crippen molar-refractivity contribution < 1.29 is 9.13 Å². The van der Waals surface area contributed by atoms with Crippen molar-refractivity contribution in [3.8, 4) is 11.5 Å². The Balaban J connectivity index is 2.18. The summed E-state index contributed by atoms with van der Waals surface area (Å²) in [4.78, 5) is 3.92. The highest BCUT2D eigenvalue weighted by Crippen LogP contribution is 2.23. The molecule has 0 saturated heterocycles. The molecule has 1 heterocycles. The molecular weight excluding hydrogens is 205 g/mol. The van der Waals surface area contributed by atoms with Crippen LogP contribution in [0.1, 0.15) is 11.3 Å². The highest BCUT2D eigenvalue weighted by Gasteiger charge is 2.01. The van der Waals surface area contributed by atoms with E-state index in [2.05, 4.69) is 4.98 Å². The van der Waals surface area contributed by atoms with Crippen LogP contribution in [0.4, 0.5) is 4.39 Å². The number of aryl methyl sites for hydroxylation is 1. The summed E-state index contributed by atoms with van der Waals surface area (Å²) in [5, 5.41) is 0. The topological polar surface area (TPSA) is 22.1 Å². The highest BCUT2D eigenvalue weighted by molar-refractivity contribution is 5.36. The molecule has 0 amide bonds. The summed E-state index contributed by atoms with van der Waals surface area (Å²) < 4.78 is 17.9.